The van der Waals surface area contributed by atoms with Crippen molar-refractivity contribution in [3.05, 3.63) is 96.8 Å². The SMILES string of the molecule is C=C/C(C)=C(\C=C/C)C(=C)C1(C)CCN(c2ccc(C(=C)C)cc2)C1=C. The Morgan fingerprint density at radius 2 is 1.77 bits per heavy atom. The zero-order chi connectivity index (χ0) is 19.5. The number of allylic oxidation sites excluding steroid dienone is 7. The molecule has 1 heteroatoms. The molecule has 1 unspecified atom stereocenters. The highest BCUT2D eigenvalue weighted by molar-refractivity contribution is 5.66. The van der Waals surface area contributed by atoms with Crippen LogP contribution >= 0.6 is 0 Å². The second-order valence-electron chi connectivity index (χ2n) is 7.29. The minimum absolute atomic E-state index is 0.161. The quantitative estimate of drug-likeness (QED) is 0.498. The zero-order valence-corrected chi connectivity index (χ0v) is 16.7. The first-order chi connectivity index (χ1) is 12.3. The van der Waals surface area contributed by atoms with Crippen molar-refractivity contribution in [2.75, 3.05) is 11.4 Å². The molecule has 0 amide bonds. The topological polar surface area (TPSA) is 3.24 Å². The summed E-state index contributed by atoms with van der Waals surface area (Å²) >= 11 is 0. The van der Waals surface area contributed by atoms with E-state index in [1.807, 2.05) is 19.9 Å². The Bertz CT molecular complexity index is 801. The van der Waals surface area contributed by atoms with Gasteiger partial charge in [-0.2, -0.15) is 0 Å². The minimum Gasteiger partial charge on any atom is -0.345 e. The van der Waals surface area contributed by atoms with Crippen molar-refractivity contribution in [3.8, 4) is 0 Å². The molecule has 2 rings (SSSR count). The first kappa shape index (κ1) is 19.8. The van der Waals surface area contributed by atoms with E-state index in [-0.39, 0.29) is 5.41 Å². The van der Waals surface area contributed by atoms with Crippen LogP contribution in [0.15, 0.2) is 91.2 Å². The predicted molar refractivity (Wildman–Crippen MR) is 117 cm³/mol. The molecule has 1 heterocycles. The molecule has 0 aromatic heterocycles. The van der Waals surface area contributed by atoms with E-state index in [1.54, 1.807) is 0 Å². The molecule has 0 bridgehead atoms. The average Bonchev–Trinajstić information content (AvgIpc) is 2.94. The summed E-state index contributed by atoms with van der Waals surface area (Å²) in [7, 11) is 0. The van der Waals surface area contributed by atoms with Gasteiger partial charge in [0.25, 0.3) is 0 Å². The van der Waals surface area contributed by atoms with Crippen LogP contribution < -0.4 is 4.90 Å². The highest BCUT2D eigenvalue weighted by atomic mass is 15.2. The third-order valence-corrected chi connectivity index (χ3v) is 5.53. The maximum Gasteiger partial charge on any atom is 0.0408 e. The molecule has 26 heavy (non-hydrogen) atoms. The number of hydrogen-bond donors (Lipinski definition) is 0. The molecule has 1 aliphatic rings. The fraction of sp³-hybridized carbons (Fsp3) is 0.280. The van der Waals surface area contributed by atoms with Crippen molar-refractivity contribution < 1.29 is 0 Å². The Kier molecular flexibility index (Phi) is 5.92. The van der Waals surface area contributed by atoms with Gasteiger partial charge < -0.3 is 4.90 Å². The Morgan fingerprint density at radius 1 is 1.15 bits per heavy atom. The van der Waals surface area contributed by atoms with Gasteiger partial charge in [0.05, 0.1) is 0 Å². The monoisotopic (exact) mass is 345 g/mol. The minimum atomic E-state index is -0.161. The molecule has 0 spiro atoms. The number of benzene rings is 1. The molecule has 1 atom stereocenters. The fourth-order valence-electron chi connectivity index (χ4n) is 3.49. The van der Waals surface area contributed by atoms with Crippen LogP contribution in [0, 0.1) is 5.41 Å². The van der Waals surface area contributed by atoms with Crippen molar-refractivity contribution >= 4 is 11.3 Å². The Hall–Kier alpha value is -2.54. The van der Waals surface area contributed by atoms with E-state index in [4.69, 9.17) is 0 Å². The molecular formula is C25H31N. The number of hydrogen-bond acceptors (Lipinski definition) is 1. The summed E-state index contributed by atoms with van der Waals surface area (Å²) in [6, 6.07) is 8.56. The van der Waals surface area contributed by atoms with E-state index in [1.165, 1.54) is 11.3 Å². The number of rotatable bonds is 6. The standard InChI is InChI=1S/C25H31N/c1-9-11-24(19(5)10-2)20(6)25(8)16-17-26(21(25)7)23-14-12-22(13-15-23)18(3)4/h9-15H,2-3,6-7,16-17H2,1,4-5,8H3/b11-9-,24-19+. The first-order valence-corrected chi connectivity index (χ1v) is 9.15. The molecule has 1 aromatic rings. The summed E-state index contributed by atoms with van der Waals surface area (Å²) in [4.78, 5) is 2.31. The van der Waals surface area contributed by atoms with Gasteiger partial charge in [0, 0.05) is 23.3 Å². The fourth-order valence-corrected chi connectivity index (χ4v) is 3.49. The van der Waals surface area contributed by atoms with E-state index in [9.17, 15) is 0 Å². The number of anilines is 1. The van der Waals surface area contributed by atoms with Crippen molar-refractivity contribution in [2.45, 2.75) is 34.1 Å². The lowest BCUT2D eigenvalue weighted by Crippen LogP contribution is -2.23. The van der Waals surface area contributed by atoms with E-state index in [0.29, 0.717) is 0 Å². The molecule has 1 saturated heterocycles. The van der Waals surface area contributed by atoms with E-state index < -0.39 is 0 Å². The molecule has 0 saturated carbocycles. The summed E-state index contributed by atoms with van der Waals surface area (Å²) in [5, 5.41) is 0. The first-order valence-electron chi connectivity index (χ1n) is 9.15. The molecule has 1 fully saturated rings. The largest absolute Gasteiger partial charge is 0.345 e. The van der Waals surface area contributed by atoms with Gasteiger partial charge in [0.1, 0.15) is 0 Å². The normalized spacial score (nSPS) is 21.1. The lowest BCUT2D eigenvalue weighted by atomic mass is 9.75. The summed E-state index contributed by atoms with van der Waals surface area (Å²) in [6.07, 6.45) is 7.08. The van der Waals surface area contributed by atoms with Crippen LogP contribution in [0.25, 0.3) is 5.57 Å². The summed E-state index contributed by atoms with van der Waals surface area (Å²) < 4.78 is 0. The van der Waals surface area contributed by atoms with Crippen LogP contribution in [0.1, 0.15) is 39.7 Å². The van der Waals surface area contributed by atoms with Gasteiger partial charge in [-0.05, 0) is 68.5 Å². The van der Waals surface area contributed by atoms with Gasteiger partial charge in [-0.25, -0.2) is 0 Å². The van der Waals surface area contributed by atoms with Crippen molar-refractivity contribution in [1.29, 1.82) is 0 Å². The van der Waals surface area contributed by atoms with Crippen LogP contribution in [0.5, 0.6) is 0 Å². The van der Waals surface area contributed by atoms with Crippen molar-refractivity contribution in [1.82, 2.24) is 0 Å². The molecule has 1 aliphatic heterocycles. The van der Waals surface area contributed by atoms with Gasteiger partial charge in [0.15, 0.2) is 0 Å². The highest BCUT2D eigenvalue weighted by Gasteiger charge is 2.41. The van der Waals surface area contributed by atoms with Crippen LogP contribution in [-0.2, 0) is 0 Å². The summed E-state index contributed by atoms with van der Waals surface area (Å²) in [5.41, 5.74) is 7.78. The molecule has 1 nitrogen and oxygen atoms in total. The lowest BCUT2D eigenvalue weighted by molar-refractivity contribution is 0.514. The van der Waals surface area contributed by atoms with Gasteiger partial charge in [-0.3, -0.25) is 0 Å². The summed E-state index contributed by atoms with van der Waals surface area (Å²) in [5.74, 6) is 0. The molecule has 0 radical (unpaired) electrons. The highest BCUT2D eigenvalue weighted by Crippen LogP contribution is 2.49. The van der Waals surface area contributed by atoms with Gasteiger partial charge in [0.2, 0.25) is 0 Å². The molecule has 136 valence electrons. The smallest absolute Gasteiger partial charge is 0.0408 e. The van der Waals surface area contributed by atoms with Crippen LogP contribution in [-0.4, -0.2) is 6.54 Å². The van der Waals surface area contributed by atoms with Crippen LogP contribution in [0.3, 0.4) is 0 Å². The second-order valence-corrected chi connectivity index (χ2v) is 7.29. The van der Waals surface area contributed by atoms with Gasteiger partial charge in [-0.15, -0.1) is 0 Å². The maximum atomic E-state index is 4.46. The Labute approximate surface area is 159 Å². The van der Waals surface area contributed by atoms with Crippen LogP contribution in [0.4, 0.5) is 5.69 Å². The third kappa shape index (κ3) is 3.53. The van der Waals surface area contributed by atoms with Crippen LogP contribution in [0.2, 0.25) is 0 Å². The second kappa shape index (κ2) is 7.78. The van der Waals surface area contributed by atoms with E-state index in [0.717, 1.165) is 41.0 Å². The zero-order valence-electron chi connectivity index (χ0n) is 16.7. The molecule has 1 aromatic carbocycles. The predicted octanol–water partition coefficient (Wildman–Crippen LogP) is 7.08. The Morgan fingerprint density at radius 3 is 2.27 bits per heavy atom. The van der Waals surface area contributed by atoms with Crippen molar-refractivity contribution in [2.24, 2.45) is 5.41 Å². The maximum absolute atomic E-state index is 4.46. The van der Waals surface area contributed by atoms with Crippen molar-refractivity contribution in [3.63, 3.8) is 0 Å². The van der Waals surface area contributed by atoms with Gasteiger partial charge >= 0.3 is 0 Å². The average molecular weight is 346 g/mol. The molecule has 0 N–H and O–H groups in total. The number of nitrogens with zero attached hydrogens (tertiary/aromatic N) is 1. The van der Waals surface area contributed by atoms with E-state index >= 15 is 0 Å². The van der Waals surface area contributed by atoms with Gasteiger partial charge in [-0.1, -0.05) is 62.2 Å². The molecule has 0 aliphatic carbocycles. The molecular weight excluding hydrogens is 314 g/mol. The Balaban J connectivity index is 2.35. The third-order valence-electron chi connectivity index (χ3n) is 5.53. The summed E-state index contributed by atoms with van der Waals surface area (Å²) in [6.45, 7) is 26.2. The lowest BCUT2D eigenvalue weighted by Gasteiger charge is -2.32. The van der Waals surface area contributed by atoms with E-state index in [2.05, 4.69) is 81.5 Å².